The van der Waals surface area contributed by atoms with E-state index in [1.165, 1.54) is 10.6 Å². The minimum Gasteiger partial charge on any atom is -0.442 e. The van der Waals surface area contributed by atoms with Gasteiger partial charge in [0.25, 0.3) is 5.56 Å². The third-order valence-corrected chi connectivity index (χ3v) is 2.65. The summed E-state index contributed by atoms with van der Waals surface area (Å²) in [5.41, 5.74) is 0.472. The summed E-state index contributed by atoms with van der Waals surface area (Å²) in [5.74, 6) is 0. The number of amides is 1. The summed E-state index contributed by atoms with van der Waals surface area (Å²) in [6.45, 7) is 2.41. The molecule has 2 rings (SSSR count). The molecule has 1 N–H and O–H groups in total. The number of rotatable bonds is 2. The van der Waals surface area contributed by atoms with Gasteiger partial charge in [0, 0.05) is 5.69 Å². The molecule has 1 aliphatic rings. The fourth-order valence-electron chi connectivity index (χ4n) is 1.72. The van der Waals surface area contributed by atoms with E-state index in [2.05, 4.69) is 5.32 Å². The zero-order valence-corrected chi connectivity index (χ0v) is 9.27. The Bertz CT molecular complexity index is 556. The molecular weight excluding hydrogens is 222 g/mol. The molecule has 17 heavy (non-hydrogen) atoms. The Morgan fingerprint density at radius 2 is 2.35 bits per heavy atom. The van der Waals surface area contributed by atoms with Crippen LogP contribution < -0.4 is 10.9 Å². The largest absolute Gasteiger partial charge is 0.442 e. The van der Waals surface area contributed by atoms with Crippen molar-refractivity contribution in [2.24, 2.45) is 0 Å². The first-order valence-electron chi connectivity index (χ1n) is 5.17. The Labute approximate surface area is 97.4 Å². The number of nitrogens with one attached hydrogen (secondary N) is 1. The van der Waals surface area contributed by atoms with Crippen molar-refractivity contribution in [3.8, 4) is 6.07 Å². The molecule has 6 heteroatoms. The van der Waals surface area contributed by atoms with Crippen LogP contribution in [0.2, 0.25) is 0 Å². The fourth-order valence-corrected chi connectivity index (χ4v) is 1.72. The van der Waals surface area contributed by atoms with E-state index in [1.54, 1.807) is 13.0 Å². The van der Waals surface area contributed by atoms with Crippen molar-refractivity contribution < 1.29 is 9.53 Å². The molecular formula is C11H11N3O3. The van der Waals surface area contributed by atoms with Crippen LogP contribution in [0.5, 0.6) is 0 Å². The first-order chi connectivity index (χ1) is 8.11. The first kappa shape index (κ1) is 11.2. The summed E-state index contributed by atoms with van der Waals surface area (Å²) in [5, 5.41) is 11.3. The van der Waals surface area contributed by atoms with Crippen LogP contribution in [0.25, 0.3) is 0 Å². The van der Waals surface area contributed by atoms with E-state index in [-0.39, 0.29) is 23.8 Å². The second kappa shape index (κ2) is 4.29. The molecule has 0 saturated carbocycles. The van der Waals surface area contributed by atoms with Crippen molar-refractivity contribution in [3.05, 3.63) is 33.7 Å². The van der Waals surface area contributed by atoms with E-state index in [1.807, 2.05) is 6.07 Å². The summed E-state index contributed by atoms with van der Waals surface area (Å²) < 4.78 is 6.40. The van der Waals surface area contributed by atoms with Gasteiger partial charge in [-0.2, -0.15) is 5.26 Å². The van der Waals surface area contributed by atoms with Gasteiger partial charge < -0.3 is 14.6 Å². The maximum atomic E-state index is 11.9. The number of hydrogen-bond acceptors (Lipinski definition) is 4. The van der Waals surface area contributed by atoms with Gasteiger partial charge >= 0.3 is 6.09 Å². The van der Waals surface area contributed by atoms with Gasteiger partial charge in [0.15, 0.2) is 0 Å². The molecule has 1 fully saturated rings. The normalized spacial score (nSPS) is 18.4. The lowest BCUT2D eigenvalue weighted by Crippen LogP contribution is -2.31. The summed E-state index contributed by atoms with van der Waals surface area (Å²) in [6.07, 6.45) is -0.843. The topological polar surface area (TPSA) is 84.1 Å². The van der Waals surface area contributed by atoms with Crippen LogP contribution in [0.3, 0.4) is 0 Å². The van der Waals surface area contributed by atoms with Gasteiger partial charge in [0.2, 0.25) is 0 Å². The number of hydrogen-bond donors (Lipinski definition) is 1. The number of nitrogens with zero attached hydrogens (tertiary/aromatic N) is 2. The molecule has 1 aromatic rings. The van der Waals surface area contributed by atoms with Crippen LogP contribution in [0, 0.1) is 18.3 Å². The SMILES string of the molecule is Cc1ccc(C#N)c(=O)n1CC1CNC(=O)O1. The molecule has 0 aromatic carbocycles. The quantitative estimate of drug-likeness (QED) is 0.787. The molecule has 88 valence electrons. The van der Waals surface area contributed by atoms with Crippen LogP contribution in [0.4, 0.5) is 4.79 Å². The zero-order chi connectivity index (χ0) is 12.4. The molecule has 0 radical (unpaired) electrons. The Morgan fingerprint density at radius 3 is 2.94 bits per heavy atom. The average molecular weight is 233 g/mol. The highest BCUT2D eigenvalue weighted by Crippen LogP contribution is 2.05. The molecule has 2 heterocycles. The van der Waals surface area contributed by atoms with Crippen LogP contribution in [-0.2, 0) is 11.3 Å². The van der Waals surface area contributed by atoms with Crippen LogP contribution >= 0.6 is 0 Å². The summed E-state index contributed by atoms with van der Waals surface area (Å²) in [6, 6.07) is 5.03. The monoisotopic (exact) mass is 233 g/mol. The van der Waals surface area contributed by atoms with Gasteiger partial charge in [0.1, 0.15) is 17.7 Å². The Kier molecular flexibility index (Phi) is 2.83. The van der Waals surface area contributed by atoms with E-state index in [4.69, 9.17) is 10.00 Å². The van der Waals surface area contributed by atoms with Crippen molar-refractivity contribution in [2.45, 2.75) is 19.6 Å². The fraction of sp³-hybridized carbons (Fsp3) is 0.364. The Balaban J connectivity index is 2.30. The minimum atomic E-state index is -0.475. The van der Waals surface area contributed by atoms with Gasteiger partial charge in [-0.1, -0.05) is 0 Å². The lowest BCUT2D eigenvalue weighted by atomic mass is 10.2. The van der Waals surface area contributed by atoms with Crippen molar-refractivity contribution in [2.75, 3.05) is 6.54 Å². The predicted octanol–water partition coefficient (Wildman–Crippen LogP) is 0.137. The number of ether oxygens (including phenoxy) is 1. The maximum Gasteiger partial charge on any atom is 0.407 e. The number of pyridine rings is 1. The molecule has 1 unspecified atom stereocenters. The average Bonchev–Trinajstić information content (AvgIpc) is 2.70. The first-order valence-corrected chi connectivity index (χ1v) is 5.17. The van der Waals surface area contributed by atoms with E-state index in [0.29, 0.717) is 6.54 Å². The van der Waals surface area contributed by atoms with Crippen LogP contribution in [0.15, 0.2) is 16.9 Å². The van der Waals surface area contributed by atoms with Crippen molar-refractivity contribution in [1.82, 2.24) is 9.88 Å². The molecule has 1 saturated heterocycles. The zero-order valence-electron chi connectivity index (χ0n) is 9.27. The summed E-state index contributed by atoms with van der Waals surface area (Å²) in [7, 11) is 0. The highest BCUT2D eigenvalue weighted by molar-refractivity contribution is 5.69. The third-order valence-electron chi connectivity index (χ3n) is 2.65. The van der Waals surface area contributed by atoms with Crippen LogP contribution in [-0.4, -0.2) is 23.3 Å². The standard InChI is InChI=1S/C11H11N3O3/c1-7-2-3-8(4-12)10(15)14(7)6-9-5-13-11(16)17-9/h2-3,9H,5-6H2,1H3,(H,13,16). The predicted molar refractivity (Wildman–Crippen MR) is 58.4 cm³/mol. The molecule has 1 aliphatic heterocycles. The van der Waals surface area contributed by atoms with E-state index < -0.39 is 6.09 Å². The Hall–Kier alpha value is -2.29. The molecule has 0 spiro atoms. The van der Waals surface area contributed by atoms with Gasteiger partial charge in [-0.25, -0.2) is 4.79 Å². The second-order valence-corrected chi connectivity index (χ2v) is 3.82. The number of carbonyl (C=O) groups excluding carboxylic acids is 1. The maximum absolute atomic E-state index is 11.9. The Morgan fingerprint density at radius 1 is 1.59 bits per heavy atom. The third kappa shape index (κ3) is 2.13. The van der Waals surface area contributed by atoms with Crippen molar-refractivity contribution >= 4 is 6.09 Å². The molecule has 1 aromatic heterocycles. The molecule has 6 nitrogen and oxygen atoms in total. The highest BCUT2D eigenvalue weighted by Gasteiger charge is 2.23. The van der Waals surface area contributed by atoms with Gasteiger partial charge in [-0.05, 0) is 19.1 Å². The van der Waals surface area contributed by atoms with Gasteiger partial charge in [-0.15, -0.1) is 0 Å². The smallest absolute Gasteiger partial charge is 0.407 e. The second-order valence-electron chi connectivity index (χ2n) is 3.82. The molecule has 1 atom stereocenters. The molecule has 0 bridgehead atoms. The van der Waals surface area contributed by atoms with E-state index in [9.17, 15) is 9.59 Å². The van der Waals surface area contributed by atoms with Gasteiger partial charge in [0.05, 0.1) is 13.1 Å². The lowest BCUT2D eigenvalue weighted by Gasteiger charge is -2.13. The summed E-state index contributed by atoms with van der Waals surface area (Å²) in [4.78, 5) is 22.7. The van der Waals surface area contributed by atoms with E-state index in [0.717, 1.165) is 5.69 Å². The lowest BCUT2D eigenvalue weighted by molar-refractivity contribution is 0.130. The number of aromatic nitrogens is 1. The van der Waals surface area contributed by atoms with Gasteiger partial charge in [-0.3, -0.25) is 4.79 Å². The van der Waals surface area contributed by atoms with Crippen LogP contribution in [0.1, 0.15) is 11.3 Å². The minimum absolute atomic E-state index is 0.0906. The summed E-state index contributed by atoms with van der Waals surface area (Å²) >= 11 is 0. The number of alkyl carbamates (subject to hydrolysis) is 1. The number of nitriles is 1. The molecule has 0 aliphatic carbocycles. The number of aryl methyl sites for hydroxylation is 1. The number of cyclic esters (lactones) is 1. The number of carbonyl (C=O) groups is 1. The van der Waals surface area contributed by atoms with E-state index >= 15 is 0 Å². The van der Waals surface area contributed by atoms with Crippen molar-refractivity contribution in [3.63, 3.8) is 0 Å². The highest BCUT2D eigenvalue weighted by atomic mass is 16.6. The molecule has 1 amide bonds. The van der Waals surface area contributed by atoms with Crippen molar-refractivity contribution in [1.29, 1.82) is 5.26 Å².